The molecule has 1 N–H and O–H groups in total. The van der Waals surface area contributed by atoms with E-state index in [0.29, 0.717) is 0 Å². The number of hydrogen-bond donors (Lipinski definition) is 1. The second kappa shape index (κ2) is 4.80. The van der Waals surface area contributed by atoms with Gasteiger partial charge in [-0.15, -0.1) is 0 Å². The van der Waals surface area contributed by atoms with Crippen molar-refractivity contribution in [2.75, 3.05) is 0 Å². The van der Waals surface area contributed by atoms with Crippen molar-refractivity contribution >= 4 is 0 Å². The van der Waals surface area contributed by atoms with Gasteiger partial charge in [0.1, 0.15) is 0 Å². The Hall–Kier alpha value is -0.820. The molecule has 0 bridgehead atoms. The van der Waals surface area contributed by atoms with E-state index in [9.17, 15) is 5.11 Å². The predicted molar refractivity (Wildman–Crippen MR) is 62.7 cm³/mol. The van der Waals surface area contributed by atoms with Gasteiger partial charge < -0.3 is 5.11 Å². The molecule has 1 aliphatic rings. The van der Waals surface area contributed by atoms with Gasteiger partial charge >= 0.3 is 0 Å². The summed E-state index contributed by atoms with van der Waals surface area (Å²) in [6.45, 7) is 2.19. The van der Waals surface area contributed by atoms with Gasteiger partial charge in [0, 0.05) is 0 Å². The lowest BCUT2D eigenvalue weighted by Gasteiger charge is -2.11. The summed E-state index contributed by atoms with van der Waals surface area (Å²) in [7, 11) is 0. The van der Waals surface area contributed by atoms with Crippen LogP contribution in [0.15, 0.2) is 24.3 Å². The van der Waals surface area contributed by atoms with E-state index >= 15 is 0 Å². The van der Waals surface area contributed by atoms with Crippen LogP contribution >= 0.6 is 0 Å². The standard InChI is InChI=1S/C14H20O/c1-2-4-11-5-3-6-13(9-11)14(15)10-12-7-8-12/h3,5-6,9,12,14-15H,2,4,7-8,10H2,1H3. The van der Waals surface area contributed by atoms with Crippen LogP contribution in [0.4, 0.5) is 0 Å². The smallest absolute Gasteiger partial charge is 0.0792 e. The zero-order chi connectivity index (χ0) is 10.7. The van der Waals surface area contributed by atoms with Crippen LogP contribution in [0.1, 0.15) is 49.8 Å². The molecule has 0 aliphatic heterocycles. The molecule has 1 aromatic rings. The van der Waals surface area contributed by atoms with Crippen molar-refractivity contribution in [3.63, 3.8) is 0 Å². The molecule has 0 amide bonds. The topological polar surface area (TPSA) is 20.2 Å². The molecule has 0 aromatic heterocycles. The van der Waals surface area contributed by atoms with E-state index in [2.05, 4.69) is 25.1 Å². The van der Waals surface area contributed by atoms with Gasteiger partial charge in [0.25, 0.3) is 0 Å². The maximum Gasteiger partial charge on any atom is 0.0792 e. The molecule has 1 saturated carbocycles. The Balaban J connectivity index is 2.01. The van der Waals surface area contributed by atoms with Crippen LogP contribution in [0.2, 0.25) is 0 Å². The molecule has 1 heteroatoms. The summed E-state index contributed by atoms with van der Waals surface area (Å²) in [6, 6.07) is 8.43. The van der Waals surface area contributed by atoms with Crippen molar-refractivity contribution in [1.29, 1.82) is 0 Å². The first-order chi connectivity index (χ1) is 7.29. The SMILES string of the molecule is CCCc1cccc(C(O)CC2CC2)c1. The molecule has 82 valence electrons. The summed E-state index contributed by atoms with van der Waals surface area (Å²) in [4.78, 5) is 0. The van der Waals surface area contributed by atoms with Gasteiger partial charge in [-0.25, -0.2) is 0 Å². The molecule has 1 fully saturated rings. The maximum absolute atomic E-state index is 10.0. The fourth-order valence-electron chi connectivity index (χ4n) is 2.05. The second-order valence-electron chi connectivity index (χ2n) is 4.69. The average molecular weight is 204 g/mol. The van der Waals surface area contributed by atoms with Gasteiger partial charge in [-0.3, -0.25) is 0 Å². The third-order valence-corrected chi connectivity index (χ3v) is 3.13. The number of aliphatic hydroxyl groups excluding tert-OH is 1. The van der Waals surface area contributed by atoms with E-state index < -0.39 is 0 Å². The molecule has 1 aromatic carbocycles. The van der Waals surface area contributed by atoms with Crippen LogP contribution in [0.3, 0.4) is 0 Å². The average Bonchev–Trinajstić information content (AvgIpc) is 3.03. The molecule has 15 heavy (non-hydrogen) atoms. The Morgan fingerprint density at radius 2 is 2.20 bits per heavy atom. The fourth-order valence-corrected chi connectivity index (χ4v) is 2.05. The minimum atomic E-state index is -0.241. The number of rotatable bonds is 5. The molecule has 1 atom stereocenters. The normalized spacial score (nSPS) is 17.7. The molecule has 0 heterocycles. The van der Waals surface area contributed by atoms with Gasteiger partial charge in [0.15, 0.2) is 0 Å². The monoisotopic (exact) mass is 204 g/mol. The van der Waals surface area contributed by atoms with E-state index in [1.54, 1.807) is 0 Å². The fraction of sp³-hybridized carbons (Fsp3) is 0.571. The van der Waals surface area contributed by atoms with Crippen molar-refractivity contribution in [1.82, 2.24) is 0 Å². The molecule has 0 radical (unpaired) electrons. The van der Waals surface area contributed by atoms with Crippen molar-refractivity contribution < 1.29 is 5.11 Å². The minimum absolute atomic E-state index is 0.241. The second-order valence-corrected chi connectivity index (χ2v) is 4.69. The van der Waals surface area contributed by atoms with E-state index in [4.69, 9.17) is 0 Å². The van der Waals surface area contributed by atoms with Gasteiger partial charge in [-0.05, 0) is 29.9 Å². The number of aliphatic hydroxyl groups is 1. The van der Waals surface area contributed by atoms with Gasteiger partial charge in [-0.2, -0.15) is 0 Å². The largest absolute Gasteiger partial charge is 0.388 e. The van der Waals surface area contributed by atoms with Crippen LogP contribution in [-0.2, 0) is 6.42 Å². The van der Waals surface area contributed by atoms with Gasteiger partial charge in [0.2, 0.25) is 0 Å². The van der Waals surface area contributed by atoms with Crippen LogP contribution in [-0.4, -0.2) is 5.11 Å². The minimum Gasteiger partial charge on any atom is -0.388 e. The highest BCUT2D eigenvalue weighted by Crippen LogP contribution is 2.37. The number of hydrogen-bond acceptors (Lipinski definition) is 1. The van der Waals surface area contributed by atoms with E-state index in [0.717, 1.165) is 24.3 Å². The zero-order valence-corrected chi connectivity index (χ0v) is 9.45. The summed E-state index contributed by atoms with van der Waals surface area (Å²) >= 11 is 0. The Kier molecular flexibility index (Phi) is 3.42. The lowest BCUT2D eigenvalue weighted by atomic mass is 10.0. The van der Waals surface area contributed by atoms with E-state index in [-0.39, 0.29) is 6.10 Å². The maximum atomic E-state index is 10.0. The zero-order valence-electron chi connectivity index (χ0n) is 9.45. The number of benzene rings is 1. The van der Waals surface area contributed by atoms with Crippen LogP contribution < -0.4 is 0 Å². The molecular formula is C14H20O. The van der Waals surface area contributed by atoms with Crippen molar-refractivity contribution in [2.24, 2.45) is 5.92 Å². The summed E-state index contributed by atoms with van der Waals surface area (Å²) in [5.41, 5.74) is 2.46. The first kappa shape index (κ1) is 10.7. The lowest BCUT2D eigenvalue weighted by Crippen LogP contribution is -1.99. The highest BCUT2D eigenvalue weighted by atomic mass is 16.3. The van der Waals surface area contributed by atoms with Crippen LogP contribution in [0.5, 0.6) is 0 Å². The Labute approximate surface area is 92.1 Å². The lowest BCUT2D eigenvalue weighted by molar-refractivity contribution is 0.160. The first-order valence-electron chi connectivity index (χ1n) is 6.06. The summed E-state index contributed by atoms with van der Waals surface area (Å²) in [5, 5.41) is 10.0. The van der Waals surface area contributed by atoms with Gasteiger partial charge in [0.05, 0.1) is 6.10 Å². The molecule has 2 rings (SSSR count). The van der Waals surface area contributed by atoms with Crippen LogP contribution in [0.25, 0.3) is 0 Å². The predicted octanol–water partition coefficient (Wildman–Crippen LogP) is 3.47. The molecule has 0 spiro atoms. The molecule has 1 nitrogen and oxygen atoms in total. The Bertz CT molecular complexity index is 315. The van der Waals surface area contributed by atoms with Crippen molar-refractivity contribution in [3.05, 3.63) is 35.4 Å². The summed E-state index contributed by atoms with van der Waals surface area (Å²) in [5.74, 6) is 0.787. The number of aryl methyl sites for hydroxylation is 1. The summed E-state index contributed by atoms with van der Waals surface area (Å²) in [6.07, 6.45) is 5.62. The van der Waals surface area contributed by atoms with Crippen molar-refractivity contribution in [3.8, 4) is 0 Å². The van der Waals surface area contributed by atoms with E-state index in [1.807, 2.05) is 6.07 Å². The Morgan fingerprint density at radius 3 is 2.87 bits per heavy atom. The van der Waals surface area contributed by atoms with E-state index in [1.165, 1.54) is 24.8 Å². The third kappa shape index (κ3) is 3.07. The van der Waals surface area contributed by atoms with Gasteiger partial charge in [-0.1, -0.05) is 50.5 Å². The molecular weight excluding hydrogens is 184 g/mol. The first-order valence-corrected chi connectivity index (χ1v) is 6.06. The van der Waals surface area contributed by atoms with Crippen molar-refractivity contribution in [2.45, 2.75) is 45.1 Å². The summed E-state index contributed by atoms with van der Waals surface area (Å²) < 4.78 is 0. The molecule has 1 aliphatic carbocycles. The highest BCUT2D eigenvalue weighted by molar-refractivity contribution is 5.25. The third-order valence-electron chi connectivity index (χ3n) is 3.13. The molecule has 0 saturated heterocycles. The quantitative estimate of drug-likeness (QED) is 0.778. The van der Waals surface area contributed by atoms with Crippen LogP contribution in [0, 0.1) is 5.92 Å². The molecule has 1 unspecified atom stereocenters. The highest BCUT2D eigenvalue weighted by Gasteiger charge is 2.25. The Morgan fingerprint density at radius 1 is 1.40 bits per heavy atom.